The van der Waals surface area contributed by atoms with Crippen molar-refractivity contribution in [2.75, 3.05) is 24.7 Å². The molecule has 1 heterocycles. The van der Waals surface area contributed by atoms with Crippen LogP contribution in [0, 0.1) is 5.92 Å². The molecular formula is C9H18O2S. The highest BCUT2D eigenvalue weighted by atomic mass is 32.2. The van der Waals surface area contributed by atoms with E-state index in [9.17, 15) is 5.11 Å². The van der Waals surface area contributed by atoms with Gasteiger partial charge in [-0.1, -0.05) is 6.92 Å². The number of ether oxygens (including phenoxy) is 1. The van der Waals surface area contributed by atoms with E-state index in [1.165, 1.54) is 6.42 Å². The molecule has 0 bridgehead atoms. The second-order valence-corrected chi connectivity index (χ2v) is 4.42. The summed E-state index contributed by atoms with van der Waals surface area (Å²) in [6, 6.07) is 0. The van der Waals surface area contributed by atoms with Crippen LogP contribution in [0.25, 0.3) is 0 Å². The van der Waals surface area contributed by atoms with Crippen molar-refractivity contribution >= 4 is 11.8 Å². The van der Waals surface area contributed by atoms with E-state index in [1.807, 2.05) is 11.8 Å². The lowest BCUT2D eigenvalue weighted by atomic mass is 10.0. The average molecular weight is 190 g/mol. The molecule has 0 radical (unpaired) electrons. The van der Waals surface area contributed by atoms with E-state index < -0.39 is 0 Å². The summed E-state index contributed by atoms with van der Waals surface area (Å²) in [5.74, 6) is 2.43. The Morgan fingerprint density at radius 2 is 2.50 bits per heavy atom. The Labute approximate surface area is 78.7 Å². The van der Waals surface area contributed by atoms with E-state index in [4.69, 9.17) is 4.74 Å². The Balaban J connectivity index is 2.05. The van der Waals surface area contributed by atoms with E-state index in [0.29, 0.717) is 5.92 Å². The highest BCUT2D eigenvalue weighted by Crippen LogP contribution is 2.19. The van der Waals surface area contributed by atoms with E-state index in [0.717, 1.165) is 31.1 Å². The van der Waals surface area contributed by atoms with Gasteiger partial charge in [-0.3, -0.25) is 0 Å². The molecule has 1 rings (SSSR count). The largest absolute Gasteiger partial charge is 0.392 e. The van der Waals surface area contributed by atoms with Crippen molar-refractivity contribution in [2.24, 2.45) is 5.92 Å². The van der Waals surface area contributed by atoms with Gasteiger partial charge in [0, 0.05) is 18.3 Å². The van der Waals surface area contributed by atoms with E-state index in [1.54, 1.807) is 0 Å². The molecule has 72 valence electrons. The van der Waals surface area contributed by atoms with E-state index in [-0.39, 0.29) is 6.10 Å². The number of thioether (sulfide) groups is 1. The predicted molar refractivity (Wildman–Crippen MR) is 52.5 cm³/mol. The third-order valence-corrected chi connectivity index (χ3v) is 3.42. The molecule has 1 aliphatic rings. The van der Waals surface area contributed by atoms with Gasteiger partial charge in [-0.05, 0) is 18.6 Å². The summed E-state index contributed by atoms with van der Waals surface area (Å²) < 4.78 is 5.22. The molecular weight excluding hydrogens is 172 g/mol. The van der Waals surface area contributed by atoms with Crippen molar-refractivity contribution in [1.82, 2.24) is 0 Å². The fourth-order valence-corrected chi connectivity index (χ4v) is 2.31. The number of aliphatic hydroxyl groups is 1. The molecule has 1 N–H and O–H groups in total. The first-order valence-corrected chi connectivity index (χ1v) is 5.83. The zero-order chi connectivity index (χ0) is 8.81. The fraction of sp³-hybridized carbons (Fsp3) is 1.00. The molecule has 0 aromatic heterocycles. The van der Waals surface area contributed by atoms with Crippen molar-refractivity contribution in [3.8, 4) is 0 Å². The van der Waals surface area contributed by atoms with Crippen LogP contribution in [0.5, 0.6) is 0 Å². The highest BCUT2D eigenvalue weighted by molar-refractivity contribution is 7.99. The molecule has 2 unspecified atom stereocenters. The molecule has 1 saturated heterocycles. The quantitative estimate of drug-likeness (QED) is 0.667. The van der Waals surface area contributed by atoms with Gasteiger partial charge in [0.15, 0.2) is 0 Å². The molecule has 0 aromatic rings. The number of rotatable bonds is 5. The standard InChI is InChI=1S/C9H18O2S/c1-2-5-12-7-9(10)8-3-4-11-6-8/h8-10H,2-7H2,1H3. The zero-order valence-corrected chi connectivity index (χ0v) is 8.48. The van der Waals surface area contributed by atoms with E-state index in [2.05, 4.69) is 6.92 Å². The minimum atomic E-state index is -0.149. The molecule has 2 atom stereocenters. The van der Waals surface area contributed by atoms with Gasteiger partial charge >= 0.3 is 0 Å². The van der Waals surface area contributed by atoms with Crippen LogP contribution < -0.4 is 0 Å². The lowest BCUT2D eigenvalue weighted by Crippen LogP contribution is -2.23. The van der Waals surface area contributed by atoms with Gasteiger partial charge in [0.25, 0.3) is 0 Å². The van der Waals surface area contributed by atoms with Gasteiger partial charge in [-0.25, -0.2) is 0 Å². The first-order valence-electron chi connectivity index (χ1n) is 4.68. The Hall–Kier alpha value is 0.270. The summed E-state index contributed by atoms with van der Waals surface area (Å²) in [5.41, 5.74) is 0. The summed E-state index contributed by atoms with van der Waals surface area (Å²) in [7, 11) is 0. The topological polar surface area (TPSA) is 29.5 Å². The Morgan fingerprint density at radius 1 is 1.67 bits per heavy atom. The second-order valence-electron chi connectivity index (χ2n) is 3.27. The predicted octanol–water partition coefficient (Wildman–Crippen LogP) is 1.53. The van der Waals surface area contributed by atoms with Crippen LogP contribution in [0.1, 0.15) is 19.8 Å². The van der Waals surface area contributed by atoms with Crippen LogP contribution >= 0.6 is 11.8 Å². The Kier molecular flexibility index (Phi) is 5.04. The van der Waals surface area contributed by atoms with Crippen LogP contribution in [-0.4, -0.2) is 35.9 Å². The molecule has 1 aliphatic heterocycles. The van der Waals surface area contributed by atoms with Crippen molar-refractivity contribution in [3.63, 3.8) is 0 Å². The summed E-state index contributed by atoms with van der Waals surface area (Å²) >= 11 is 1.84. The van der Waals surface area contributed by atoms with Gasteiger partial charge in [-0.2, -0.15) is 11.8 Å². The maximum absolute atomic E-state index is 9.67. The first kappa shape index (κ1) is 10.4. The van der Waals surface area contributed by atoms with Gasteiger partial charge in [-0.15, -0.1) is 0 Å². The van der Waals surface area contributed by atoms with Gasteiger partial charge in [0.2, 0.25) is 0 Å². The molecule has 0 spiro atoms. The third-order valence-electron chi connectivity index (χ3n) is 2.15. The minimum absolute atomic E-state index is 0.149. The SMILES string of the molecule is CCCSCC(O)C1CCOC1. The van der Waals surface area contributed by atoms with Crippen LogP contribution in [0.2, 0.25) is 0 Å². The van der Waals surface area contributed by atoms with Gasteiger partial charge in [0.05, 0.1) is 12.7 Å². The van der Waals surface area contributed by atoms with Crippen molar-refractivity contribution in [3.05, 3.63) is 0 Å². The molecule has 0 aliphatic carbocycles. The van der Waals surface area contributed by atoms with Crippen LogP contribution in [0.4, 0.5) is 0 Å². The zero-order valence-electron chi connectivity index (χ0n) is 7.66. The Bertz CT molecular complexity index is 113. The maximum Gasteiger partial charge on any atom is 0.0681 e. The van der Waals surface area contributed by atoms with Crippen LogP contribution in [-0.2, 0) is 4.74 Å². The van der Waals surface area contributed by atoms with E-state index >= 15 is 0 Å². The van der Waals surface area contributed by atoms with Crippen molar-refractivity contribution in [1.29, 1.82) is 0 Å². The molecule has 0 saturated carbocycles. The lowest BCUT2D eigenvalue weighted by molar-refractivity contribution is 0.109. The highest BCUT2D eigenvalue weighted by Gasteiger charge is 2.23. The number of hydrogen-bond donors (Lipinski definition) is 1. The summed E-state index contributed by atoms with van der Waals surface area (Å²) in [5, 5.41) is 9.67. The fourth-order valence-electron chi connectivity index (χ4n) is 1.34. The minimum Gasteiger partial charge on any atom is -0.392 e. The van der Waals surface area contributed by atoms with Crippen LogP contribution in [0.15, 0.2) is 0 Å². The first-order chi connectivity index (χ1) is 5.84. The van der Waals surface area contributed by atoms with Gasteiger partial charge in [0.1, 0.15) is 0 Å². The summed E-state index contributed by atoms with van der Waals surface area (Å²) in [4.78, 5) is 0. The monoisotopic (exact) mass is 190 g/mol. The van der Waals surface area contributed by atoms with Gasteiger partial charge < -0.3 is 9.84 Å². The lowest BCUT2D eigenvalue weighted by Gasteiger charge is -2.15. The number of aliphatic hydroxyl groups excluding tert-OH is 1. The third kappa shape index (κ3) is 3.33. The van der Waals surface area contributed by atoms with Crippen LogP contribution in [0.3, 0.4) is 0 Å². The average Bonchev–Trinajstić information content (AvgIpc) is 2.56. The maximum atomic E-state index is 9.67. The molecule has 0 aromatic carbocycles. The Morgan fingerprint density at radius 3 is 3.08 bits per heavy atom. The molecule has 3 heteroatoms. The summed E-state index contributed by atoms with van der Waals surface area (Å²) in [6.45, 7) is 3.76. The molecule has 12 heavy (non-hydrogen) atoms. The smallest absolute Gasteiger partial charge is 0.0681 e. The molecule has 1 fully saturated rings. The number of hydrogen-bond acceptors (Lipinski definition) is 3. The molecule has 2 nitrogen and oxygen atoms in total. The molecule has 0 amide bonds. The normalized spacial score (nSPS) is 26.0. The summed E-state index contributed by atoms with van der Waals surface area (Å²) in [6.07, 6.45) is 2.08. The van der Waals surface area contributed by atoms with Crippen molar-refractivity contribution < 1.29 is 9.84 Å². The van der Waals surface area contributed by atoms with Crippen molar-refractivity contribution in [2.45, 2.75) is 25.9 Å². The second kappa shape index (κ2) is 5.84.